The molecule has 0 aliphatic carbocycles. The molecule has 16 heavy (non-hydrogen) atoms. The van der Waals surface area contributed by atoms with Crippen molar-refractivity contribution < 1.29 is 4.79 Å². The normalized spacial score (nSPS) is 20.1. The highest BCUT2D eigenvalue weighted by molar-refractivity contribution is 14.1. The van der Waals surface area contributed by atoms with Gasteiger partial charge in [-0.2, -0.15) is 0 Å². The van der Waals surface area contributed by atoms with Crippen molar-refractivity contribution >= 4 is 28.5 Å². The van der Waals surface area contributed by atoms with Gasteiger partial charge < -0.3 is 4.90 Å². The minimum absolute atomic E-state index is 0.197. The fourth-order valence-corrected chi connectivity index (χ4v) is 2.86. The lowest BCUT2D eigenvalue weighted by Gasteiger charge is -2.23. The monoisotopic (exact) mass is 329 g/mol. The van der Waals surface area contributed by atoms with Gasteiger partial charge in [-0.25, -0.2) is 0 Å². The van der Waals surface area contributed by atoms with Crippen molar-refractivity contribution in [1.82, 2.24) is 4.90 Å². The Bertz CT molecular complexity index is 391. The molecule has 86 valence electrons. The smallest absolute Gasteiger partial charge is 0.254 e. The summed E-state index contributed by atoms with van der Waals surface area (Å²) in [6.45, 7) is 3.08. The second kappa shape index (κ2) is 5.17. The van der Waals surface area contributed by atoms with Gasteiger partial charge >= 0.3 is 0 Å². The maximum Gasteiger partial charge on any atom is 0.254 e. The van der Waals surface area contributed by atoms with E-state index in [0.29, 0.717) is 6.04 Å². The third-order valence-electron chi connectivity index (χ3n) is 3.18. The summed E-state index contributed by atoms with van der Waals surface area (Å²) >= 11 is 2.25. The van der Waals surface area contributed by atoms with E-state index in [0.717, 1.165) is 34.9 Å². The van der Waals surface area contributed by atoms with Gasteiger partial charge in [-0.1, -0.05) is 13.0 Å². The van der Waals surface area contributed by atoms with Crippen LogP contribution in [0, 0.1) is 3.57 Å². The van der Waals surface area contributed by atoms with E-state index in [4.69, 9.17) is 0 Å². The Labute approximate surface area is 110 Å². The largest absolute Gasteiger partial charge is 0.336 e. The summed E-state index contributed by atoms with van der Waals surface area (Å²) < 4.78 is 1.12. The van der Waals surface area contributed by atoms with E-state index in [1.807, 2.05) is 29.2 Å². The average Bonchev–Trinajstić information content (AvgIpc) is 2.76. The maximum atomic E-state index is 12.3. The lowest BCUT2D eigenvalue weighted by molar-refractivity contribution is 0.0733. The van der Waals surface area contributed by atoms with Crippen LogP contribution in [0.25, 0.3) is 0 Å². The lowest BCUT2D eigenvalue weighted by atomic mass is 10.1. The molecule has 1 aromatic rings. The van der Waals surface area contributed by atoms with E-state index in [1.165, 1.54) is 0 Å². The number of carbonyl (C=O) groups is 1. The minimum Gasteiger partial charge on any atom is -0.336 e. The van der Waals surface area contributed by atoms with Crippen molar-refractivity contribution in [3.05, 3.63) is 33.4 Å². The van der Waals surface area contributed by atoms with Crippen molar-refractivity contribution in [1.29, 1.82) is 0 Å². The van der Waals surface area contributed by atoms with E-state index in [1.54, 1.807) is 0 Å². The Morgan fingerprint density at radius 3 is 3.06 bits per heavy atom. The number of likely N-dealkylation sites (tertiary alicyclic amines) is 1. The molecule has 3 heteroatoms. The SMILES string of the molecule is CCC1CCCN1C(=O)c1cccc(I)c1. The number of rotatable bonds is 2. The molecule has 0 saturated carbocycles. The van der Waals surface area contributed by atoms with Crippen LogP contribution in [0.4, 0.5) is 0 Å². The zero-order valence-electron chi connectivity index (χ0n) is 9.45. The highest BCUT2D eigenvalue weighted by atomic mass is 127. The van der Waals surface area contributed by atoms with Gasteiger partial charge in [0.15, 0.2) is 0 Å². The molecule has 2 rings (SSSR count). The highest BCUT2D eigenvalue weighted by Gasteiger charge is 2.27. The van der Waals surface area contributed by atoms with Crippen LogP contribution in [0.1, 0.15) is 36.5 Å². The first kappa shape index (κ1) is 11.9. The Balaban J connectivity index is 2.18. The number of carbonyl (C=O) groups excluding carboxylic acids is 1. The summed E-state index contributed by atoms with van der Waals surface area (Å²) in [7, 11) is 0. The number of halogens is 1. The Morgan fingerprint density at radius 2 is 2.38 bits per heavy atom. The maximum absolute atomic E-state index is 12.3. The molecule has 0 aromatic heterocycles. The molecule has 1 heterocycles. The molecule has 0 radical (unpaired) electrons. The summed E-state index contributed by atoms with van der Waals surface area (Å²) in [5, 5.41) is 0. The predicted octanol–water partition coefficient (Wildman–Crippen LogP) is 3.31. The number of hydrogen-bond donors (Lipinski definition) is 0. The highest BCUT2D eigenvalue weighted by Crippen LogP contribution is 2.22. The Morgan fingerprint density at radius 1 is 1.56 bits per heavy atom. The summed E-state index contributed by atoms with van der Waals surface area (Å²) in [4.78, 5) is 14.3. The number of hydrogen-bond acceptors (Lipinski definition) is 1. The van der Waals surface area contributed by atoms with Crippen LogP contribution in [0.15, 0.2) is 24.3 Å². The van der Waals surface area contributed by atoms with Crippen molar-refractivity contribution in [3.63, 3.8) is 0 Å². The molecule has 1 amide bonds. The van der Waals surface area contributed by atoms with Gasteiger partial charge in [0.2, 0.25) is 0 Å². The van der Waals surface area contributed by atoms with Crippen molar-refractivity contribution in [2.75, 3.05) is 6.54 Å². The third-order valence-corrected chi connectivity index (χ3v) is 3.85. The van der Waals surface area contributed by atoms with Crippen LogP contribution in [0.5, 0.6) is 0 Å². The summed E-state index contributed by atoms with van der Waals surface area (Å²) in [6, 6.07) is 8.29. The van der Waals surface area contributed by atoms with Gasteiger partial charge in [0, 0.05) is 21.7 Å². The van der Waals surface area contributed by atoms with Gasteiger partial charge in [0.05, 0.1) is 0 Å². The van der Waals surface area contributed by atoms with Crippen LogP contribution in [-0.2, 0) is 0 Å². The Kier molecular flexibility index (Phi) is 3.84. The molecule has 0 bridgehead atoms. The van der Waals surface area contributed by atoms with Crippen LogP contribution in [0.2, 0.25) is 0 Å². The molecule has 0 spiro atoms. The molecule has 1 atom stereocenters. The molecule has 1 unspecified atom stereocenters. The first-order valence-electron chi connectivity index (χ1n) is 5.79. The zero-order chi connectivity index (χ0) is 11.5. The second-order valence-corrected chi connectivity index (χ2v) is 5.46. The van der Waals surface area contributed by atoms with Gasteiger partial charge in [0.1, 0.15) is 0 Å². The molecule has 1 saturated heterocycles. The molecule has 2 nitrogen and oxygen atoms in total. The van der Waals surface area contributed by atoms with E-state index in [-0.39, 0.29) is 5.91 Å². The number of amides is 1. The van der Waals surface area contributed by atoms with Gasteiger partial charge in [-0.05, 0) is 60.1 Å². The first-order valence-corrected chi connectivity index (χ1v) is 6.86. The lowest BCUT2D eigenvalue weighted by Crippen LogP contribution is -2.35. The third kappa shape index (κ3) is 2.39. The zero-order valence-corrected chi connectivity index (χ0v) is 11.6. The van der Waals surface area contributed by atoms with Crippen molar-refractivity contribution in [2.45, 2.75) is 32.2 Å². The van der Waals surface area contributed by atoms with Crippen LogP contribution in [0.3, 0.4) is 0 Å². The first-order chi connectivity index (χ1) is 7.72. The van der Waals surface area contributed by atoms with Crippen molar-refractivity contribution in [3.8, 4) is 0 Å². The van der Waals surface area contributed by atoms with E-state index >= 15 is 0 Å². The van der Waals surface area contributed by atoms with Crippen LogP contribution < -0.4 is 0 Å². The molecule has 1 aliphatic rings. The molecule has 1 aromatic carbocycles. The van der Waals surface area contributed by atoms with E-state index in [2.05, 4.69) is 29.5 Å². The quantitative estimate of drug-likeness (QED) is 0.763. The van der Waals surface area contributed by atoms with Crippen LogP contribution >= 0.6 is 22.6 Å². The molecular formula is C13H16INO. The molecule has 1 aliphatic heterocycles. The van der Waals surface area contributed by atoms with E-state index < -0.39 is 0 Å². The molecular weight excluding hydrogens is 313 g/mol. The average molecular weight is 329 g/mol. The Hall–Kier alpha value is -0.580. The minimum atomic E-state index is 0.197. The summed E-state index contributed by atoms with van der Waals surface area (Å²) in [5.41, 5.74) is 0.826. The van der Waals surface area contributed by atoms with Crippen molar-refractivity contribution in [2.24, 2.45) is 0 Å². The fraction of sp³-hybridized carbons (Fsp3) is 0.462. The van der Waals surface area contributed by atoms with Gasteiger partial charge in [-0.3, -0.25) is 4.79 Å². The van der Waals surface area contributed by atoms with Gasteiger partial charge in [-0.15, -0.1) is 0 Å². The molecule has 0 N–H and O–H groups in total. The fourth-order valence-electron chi connectivity index (χ4n) is 2.31. The number of nitrogens with zero attached hydrogens (tertiary/aromatic N) is 1. The predicted molar refractivity (Wildman–Crippen MR) is 73.5 cm³/mol. The van der Waals surface area contributed by atoms with E-state index in [9.17, 15) is 4.79 Å². The standard InChI is InChI=1S/C13H16INO/c1-2-12-7-4-8-15(12)13(16)10-5-3-6-11(14)9-10/h3,5-6,9,12H,2,4,7-8H2,1H3. The number of benzene rings is 1. The molecule has 1 fully saturated rings. The van der Waals surface area contributed by atoms with Gasteiger partial charge in [0.25, 0.3) is 5.91 Å². The topological polar surface area (TPSA) is 20.3 Å². The second-order valence-electron chi connectivity index (χ2n) is 4.21. The van der Waals surface area contributed by atoms with Crippen LogP contribution in [-0.4, -0.2) is 23.4 Å². The summed E-state index contributed by atoms with van der Waals surface area (Å²) in [6.07, 6.45) is 3.37. The summed E-state index contributed by atoms with van der Waals surface area (Å²) in [5.74, 6) is 0.197.